The van der Waals surface area contributed by atoms with Crippen LogP contribution in [-0.4, -0.2) is 20.7 Å². The number of nitrogens with zero attached hydrogens (tertiary/aromatic N) is 3. The van der Waals surface area contributed by atoms with Crippen molar-refractivity contribution >= 4 is 5.91 Å². The third-order valence-corrected chi connectivity index (χ3v) is 4.58. The number of hydrogen-bond donors (Lipinski definition) is 1. The normalized spacial score (nSPS) is 13.6. The molecule has 1 aliphatic carbocycles. The maximum atomic E-state index is 13.2. The van der Waals surface area contributed by atoms with E-state index in [4.69, 9.17) is 0 Å². The van der Waals surface area contributed by atoms with Crippen molar-refractivity contribution in [3.05, 3.63) is 77.1 Å². The van der Waals surface area contributed by atoms with Gasteiger partial charge in [-0.2, -0.15) is 5.10 Å². The zero-order valence-electron chi connectivity index (χ0n) is 14.4. The zero-order chi connectivity index (χ0) is 18.1. The molecule has 0 bridgehead atoms. The van der Waals surface area contributed by atoms with E-state index in [9.17, 15) is 9.18 Å². The highest BCUT2D eigenvalue weighted by Crippen LogP contribution is 2.42. The van der Waals surface area contributed by atoms with Gasteiger partial charge in [0.1, 0.15) is 5.82 Å². The van der Waals surface area contributed by atoms with E-state index in [-0.39, 0.29) is 11.7 Å². The molecule has 0 unspecified atom stereocenters. The Kier molecular flexibility index (Phi) is 4.24. The van der Waals surface area contributed by atoms with Crippen LogP contribution in [-0.2, 0) is 6.54 Å². The molecule has 3 aromatic rings. The SMILES string of the molecule is Cc1c(C(=O)NCc2cccnc2)c(C2CC2)nn1-c1ccc(F)cc1. The lowest BCUT2D eigenvalue weighted by molar-refractivity contribution is 0.0949. The van der Waals surface area contributed by atoms with Gasteiger partial charge in [-0.15, -0.1) is 0 Å². The van der Waals surface area contributed by atoms with Crippen LogP contribution in [0, 0.1) is 12.7 Å². The van der Waals surface area contributed by atoms with Gasteiger partial charge in [0.15, 0.2) is 0 Å². The average Bonchev–Trinajstić information content (AvgIpc) is 3.45. The second kappa shape index (κ2) is 6.71. The molecule has 26 heavy (non-hydrogen) atoms. The van der Waals surface area contributed by atoms with Crippen molar-refractivity contribution in [3.63, 3.8) is 0 Å². The van der Waals surface area contributed by atoms with Crippen molar-refractivity contribution in [1.29, 1.82) is 0 Å². The summed E-state index contributed by atoms with van der Waals surface area (Å²) in [5, 5.41) is 7.63. The highest BCUT2D eigenvalue weighted by molar-refractivity contribution is 5.96. The van der Waals surface area contributed by atoms with Crippen LogP contribution in [0.5, 0.6) is 0 Å². The minimum Gasteiger partial charge on any atom is -0.348 e. The molecule has 1 amide bonds. The van der Waals surface area contributed by atoms with Crippen LogP contribution in [0.3, 0.4) is 0 Å². The molecular formula is C20H19FN4O. The van der Waals surface area contributed by atoms with E-state index in [1.165, 1.54) is 12.1 Å². The number of rotatable bonds is 5. The van der Waals surface area contributed by atoms with Crippen LogP contribution in [0.2, 0.25) is 0 Å². The van der Waals surface area contributed by atoms with Gasteiger partial charge in [0.25, 0.3) is 5.91 Å². The smallest absolute Gasteiger partial charge is 0.255 e. The Hall–Kier alpha value is -3.02. The van der Waals surface area contributed by atoms with Gasteiger partial charge in [-0.25, -0.2) is 9.07 Å². The van der Waals surface area contributed by atoms with Crippen LogP contribution < -0.4 is 5.32 Å². The average molecular weight is 350 g/mol. The van der Waals surface area contributed by atoms with Crippen LogP contribution in [0.1, 0.15) is 46.1 Å². The molecule has 5 nitrogen and oxygen atoms in total. The number of carbonyl (C=O) groups is 1. The molecule has 6 heteroatoms. The Morgan fingerprint density at radius 2 is 2.04 bits per heavy atom. The molecule has 132 valence electrons. The maximum Gasteiger partial charge on any atom is 0.255 e. The summed E-state index contributed by atoms with van der Waals surface area (Å²) in [6.07, 6.45) is 5.52. The van der Waals surface area contributed by atoms with Gasteiger partial charge in [-0.3, -0.25) is 9.78 Å². The van der Waals surface area contributed by atoms with E-state index in [1.54, 1.807) is 29.2 Å². The number of nitrogens with one attached hydrogen (secondary N) is 1. The Morgan fingerprint density at radius 1 is 1.27 bits per heavy atom. The fourth-order valence-electron chi connectivity index (χ4n) is 3.05. The molecule has 1 aromatic carbocycles. The van der Waals surface area contributed by atoms with Crippen molar-refractivity contribution in [2.24, 2.45) is 0 Å². The van der Waals surface area contributed by atoms with Gasteiger partial charge in [-0.05, 0) is 55.7 Å². The van der Waals surface area contributed by atoms with E-state index in [2.05, 4.69) is 15.4 Å². The van der Waals surface area contributed by atoms with Gasteiger partial charge in [0.05, 0.1) is 22.6 Å². The number of pyridine rings is 1. The highest BCUT2D eigenvalue weighted by Gasteiger charge is 2.33. The second-order valence-electron chi connectivity index (χ2n) is 6.55. The Labute approximate surface area is 150 Å². The number of hydrogen-bond acceptors (Lipinski definition) is 3. The first-order valence-electron chi connectivity index (χ1n) is 8.66. The van der Waals surface area contributed by atoms with Gasteiger partial charge >= 0.3 is 0 Å². The van der Waals surface area contributed by atoms with Crippen molar-refractivity contribution < 1.29 is 9.18 Å². The summed E-state index contributed by atoms with van der Waals surface area (Å²) in [5.41, 5.74) is 3.91. The summed E-state index contributed by atoms with van der Waals surface area (Å²) in [6, 6.07) is 9.90. The lowest BCUT2D eigenvalue weighted by atomic mass is 10.1. The third-order valence-electron chi connectivity index (χ3n) is 4.58. The van der Waals surface area contributed by atoms with Gasteiger partial charge in [0, 0.05) is 24.9 Å². The molecule has 4 rings (SSSR count). The maximum absolute atomic E-state index is 13.2. The lowest BCUT2D eigenvalue weighted by Crippen LogP contribution is -2.24. The standard InChI is InChI=1S/C20H19FN4O/c1-13-18(20(26)23-12-14-3-2-10-22-11-14)19(15-4-5-15)24-25(13)17-8-6-16(21)7-9-17/h2-3,6-11,15H,4-5,12H2,1H3,(H,23,26). The largest absolute Gasteiger partial charge is 0.348 e. The number of benzene rings is 1. The summed E-state index contributed by atoms with van der Waals surface area (Å²) in [5.74, 6) is -0.105. The minimum atomic E-state index is -0.296. The number of amides is 1. The molecule has 0 radical (unpaired) electrons. The molecule has 2 aromatic heterocycles. The number of carbonyl (C=O) groups excluding carboxylic acids is 1. The monoisotopic (exact) mass is 350 g/mol. The molecule has 1 saturated carbocycles. The number of aromatic nitrogens is 3. The molecule has 0 aliphatic heterocycles. The quantitative estimate of drug-likeness (QED) is 0.766. The summed E-state index contributed by atoms with van der Waals surface area (Å²) in [4.78, 5) is 16.9. The lowest BCUT2D eigenvalue weighted by Gasteiger charge is -2.07. The predicted molar refractivity (Wildman–Crippen MR) is 95.6 cm³/mol. The Balaban J connectivity index is 1.64. The van der Waals surface area contributed by atoms with E-state index in [1.807, 2.05) is 19.1 Å². The Bertz CT molecular complexity index is 930. The fraction of sp³-hybridized carbons (Fsp3) is 0.250. The molecular weight excluding hydrogens is 331 g/mol. The summed E-state index contributed by atoms with van der Waals surface area (Å²) < 4.78 is 14.9. The van der Waals surface area contributed by atoms with Crippen molar-refractivity contribution in [2.75, 3.05) is 0 Å². The summed E-state index contributed by atoms with van der Waals surface area (Å²) >= 11 is 0. The molecule has 0 atom stereocenters. The Morgan fingerprint density at radius 3 is 2.69 bits per heavy atom. The third kappa shape index (κ3) is 3.22. The van der Waals surface area contributed by atoms with E-state index in [0.717, 1.165) is 35.5 Å². The first-order chi connectivity index (χ1) is 12.6. The minimum absolute atomic E-state index is 0.137. The molecule has 1 N–H and O–H groups in total. The zero-order valence-corrected chi connectivity index (χ0v) is 14.4. The molecule has 0 saturated heterocycles. The summed E-state index contributed by atoms with van der Waals surface area (Å²) in [6.45, 7) is 2.29. The van der Waals surface area contributed by atoms with Crippen LogP contribution in [0.25, 0.3) is 5.69 Å². The van der Waals surface area contributed by atoms with Gasteiger partial charge < -0.3 is 5.32 Å². The molecule has 1 aliphatic rings. The van der Waals surface area contributed by atoms with E-state index < -0.39 is 0 Å². The van der Waals surface area contributed by atoms with Crippen LogP contribution in [0.15, 0.2) is 48.8 Å². The van der Waals surface area contributed by atoms with Crippen LogP contribution >= 0.6 is 0 Å². The molecule has 1 fully saturated rings. The van der Waals surface area contributed by atoms with E-state index in [0.29, 0.717) is 18.0 Å². The van der Waals surface area contributed by atoms with Crippen molar-refractivity contribution in [3.8, 4) is 5.69 Å². The van der Waals surface area contributed by atoms with Gasteiger partial charge in [0.2, 0.25) is 0 Å². The molecule has 2 heterocycles. The topological polar surface area (TPSA) is 59.8 Å². The second-order valence-corrected chi connectivity index (χ2v) is 6.55. The summed E-state index contributed by atoms with van der Waals surface area (Å²) in [7, 11) is 0. The van der Waals surface area contributed by atoms with Crippen molar-refractivity contribution in [1.82, 2.24) is 20.1 Å². The van der Waals surface area contributed by atoms with Crippen molar-refractivity contribution in [2.45, 2.75) is 32.2 Å². The fourth-order valence-corrected chi connectivity index (χ4v) is 3.05. The number of halogens is 1. The van der Waals surface area contributed by atoms with E-state index >= 15 is 0 Å². The molecule has 0 spiro atoms. The first kappa shape index (κ1) is 16.4. The van der Waals surface area contributed by atoms with Crippen LogP contribution in [0.4, 0.5) is 4.39 Å². The first-order valence-corrected chi connectivity index (χ1v) is 8.66. The highest BCUT2D eigenvalue weighted by atomic mass is 19.1. The van der Waals surface area contributed by atoms with Gasteiger partial charge in [-0.1, -0.05) is 6.07 Å². The predicted octanol–water partition coefficient (Wildman–Crippen LogP) is 3.52.